The van der Waals surface area contributed by atoms with Crippen LogP contribution in [0.1, 0.15) is 90.9 Å². The van der Waals surface area contributed by atoms with E-state index in [1.807, 2.05) is 42.5 Å². The van der Waals surface area contributed by atoms with Crippen LogP contribution in [-0.4, -0.2) is 65.0 Å². The molecule has 3 aromatic carbocycles. The monoisotopic (exact) mass is 665 g/mol. The average molecular weight is 666 g/mol. The molecule has 49 heavy (non-hydrogen) atoms. The molecule has 1 aliphatic heterocycles. The van der Waals surface area contributed by atoms with Crippen LogP contribution in [-0.2, 0) is 22.6 Å². The molecule has 3 aromatic rings. The summed E-state index contributed by atoms with van der Waals surface area (Å²) in [5.74, 6) is 6.46. The maximum Gasteiger partial charge on any atom is 0.252 e. The summed E-state index contributed by atoms with van der Waals surface area (Å²) < 4.78 is 0. The predicted octanol–water partition coefficient (Wildman–Crippen LogP) is 5.37. The van der Waals surface area contributed by atoms with Gasteiger partial charge in [-0.1, -0.05) is 92.6 Å². The van der Waals surface area contributed by atoms with E-state index in [2.05, 4.69) is 53.7 Å². The molecule has 260 valence electrons. The highest BCUT2D eigenvalue weighted by Crippen LogP contribution is 2.39. The van der Waals surface area contributed by atoms with Gasteiger partial charge in [-0.3, -0.25) is 14.4 Å². The molecular formula is C41H51N3O5. The first-order valence-electron chi connectivity index (χ1n) is 17.8. The van der Waals surface area contributed by atoms with E-state index in [0.29, 0.717) is 23.9 Å². The lowest BCUT2D eigenvalue weighted by atomic mass is 9.74. The number of aliphatic hydroxyl groups is 2. The zero-order chi connectivity index (χ0) is 34.6. The summed E-state index contributed by atoms with van der Waals surface area (Å²) in [6.07, 6.45) is 6.32. The molecule has 2 amide bonds. The number of hydrogen-bond donors (Lipinski definition) is 4. The Morgan fingerprint density at radius 3 is 2.55 bits per heavy atom. The second-order valence-electron chi connectivity index (χ2n) is 13.5. The van der Waals surface area contributed by atoms with Crippen LogP contribution in [0.15, 0.2) is 78.9 Å². The lowest BCUT2D eigenvalue weighted by Gasteiger charge is -2.31. The molecule has 1 heterocycles. The van der Waals surface area contributed by atoms with E-state index >= 15 is 0 Å². The van der Waals surface area contributed by atoms with E-state index in [9.17, 15) is 19.8 Å². The molecule has 0 radical (unpaired) electrons. The molecule has 1 saturated heterocycles. The fraction of sp³-hybridized carbons (Fsp3) is 0.463. The van der Waals surface area contributed by atoms with Gasteiger partial charge in [0.2, 0.25) is 5.91 Å². The number of amides is 2. The number of carbonyl (C=O) groups excluding carboxylic acids is 2. The Bertz CT molecular complexity index is 1580. The number of fused-ring (bicyclic) bond motifs is 1. The van der Waals surface area contributed by atoms with Gasteiger partial charge in [0.15, 0.2) is 0 Å². The van der Waals surface area contributed by atoms with Crippen LogP contribution in [0.2, 0.25) is 0 Å². The van der Waals surface area contributed by atoms with Crippen molar-refractivity contribution in [1.29, 1.82) is 0 Å². The van der Waals surface area contributed by atoms with Crippen LogP contribution in [0.25, 0.3) is 0 Å². The Kier molecular flexibility index (Phi) is 13.4. The summed E-state index contributed by atoms with van der Waals surface area (Å²) in [6.45, 7) is 4.75. The van der Waals surface area contributed by atoms with E-state index in [-0.39, 0.29) is 31.5 Å². The second kappa shape index (κ2) is 18.1. The van der Waals surface area contributed by atoms with Crippen molar-refractivity contribution in [3.05, 3.63) is 107 Å². The fourth-order valence-corrected chi connectivity index (χ4v) is 7.38. The van der Waals surface area contributed by atoms with Crippen LogP contribution < -0.4 is 10.6 Å². The first kappa shape index (κ1) is 36.3. The zero-order valence-corrected chi connectivity index (χ0v) is 28.8. The summed E-state index contributed by atoms with van der Waals surface area (Å²) >= 11 is 0. The minimum atomic E-state index is -0.853. The number of nitrogens with one attached hydrogen (secondary N) is 2. The van der Waals surface area contributed by atoms with Gasteiger partial charge in [0.1, 0.15) is 12.1 Å². The molecule has 8 heteroatoms. The van der Waals surface area contributed by atoms with Crippen LogP contribution >= 0.6 is 0 Å². The summed E-state index contributed by atoms with van der Waals surface area (Å²) in [7, 11) is 0. The van der Waals surface area contributed by atoms with Gasteiger partial charge in [-0.05, 0) is 85.4 Å². The van der Waals surface area contributed by atoms with Gasteiger partial charge >= 0.3 is 0 Å². The average Bonchev–Trinajstić information content (AvgIpc) is 3.49. The van der Waals surface area contributed by atoms with Crippen molar-refractivity contribution in [3.8, 4) is 11.8 Å². The number of rotatable bonds is 14. The first-order chi connectivity index (χ1) is 23.9. The standard InChI is InChI=1S/C41H51N3O5/c1-29-22-23-33-17-9-10-21-36(33)35(29)20-8-3-4-11-24-43-41(48)39-38(30(2)46)37(28-45)49-44(39)27-32-15-12-14-31(26-32)16-13-25-42-40(47)34-18-6-5-7-19-34/h5-7,9-10,12,14-15,17-19,21,26,29-30,35,37-39,45-46H,3-4,8,11,20,22-25,27-28H2,1-2H3,(H,42,47)(H,43,48)/t29?,30-,35?,37-,38+,39-/m1/s1. The third-order valence-corrected chi connectivity index (χ3v) is 10.0. The van der Waals surface area contributed by atoms with Gasteiger partial charge in [0.05, 0.1) is 25.8 Å². The van der Waals surface area contributed by atoms with Crippen molar-refractivity contribution in [1.82, 2.24) is 15.7 Å². The molecule has 0 bridgehead atoms. The molecule has 1 fully saturated rings. The van der Waals surface area contributed by atoms with Crippen molar-refractivity contribution < 1.29 is 24.6 Å². The van der Waals surface area contributed by atoms with E-state index < -0.39 is 24.2 Å². The fourth-order valence-electron chi connectivity index (χ4n) is 7.38. The number of aryl methyl sites for hydroxylation is 1. The molecule has 0 spiro atoms. The lowest BCUT2D eigenvalue weighted by Crippen LogP contribution is -2.49. The molecule has 5 rings (SSSR count). The Balaban J connectivity index is 1.11. The van der Waals surface area contributed by atoms with Crippen LogP contribution in [0, 0.1) is 23.7 Å². The number of nitrogens with zero attached hydrogens (tertiary/aromatic N) is 1. The number of benzene rings is 3. The van der Waals surface area contributed by atoms with Crippen molar-refractivity contribution in [2.75, 3.05) is 19.7 Å². The molecule has 2 unspecified atom stereocenters. The maximum atomic E-state index is 13.6. The van der Waals surface area contributed by atoms with Crippen LogP contribution in [0.5, 0.6) is 0 Å². The molecule has 6 atom stereocenters. The van der Waals surface area contributed by atoms with E-state index in [0.717, 1.165) is 30.4 Å². The molecule has 0 aromatic heterocycles. The second-order valence-corrected chi connectivity index (χ2v) is 13.5. The zero-order valence-electron chi connectivity index (χ0n) is 28.8. The van der Waals surface area contributed by atoms with Gasteiger partial charge in [-0.15, -0.1) is 0 Å². The predicted molar refractivity (Wildman–Crippen MR) is 191 cm³/mol. The number of hydroxylamine groups is 2. The SMILES string of the molecule is CC1CCc2ccccc2C1CCCCCCNC(=O)[C@H]1[C@@H]([C@@H](C)O)[C@@H](CO)ON1Cc1cccc(C#CCNC(=O)c2ccccc2)c1. The smallest absolute Gasteiger partial charge is 0.252 e. The van der Waals surface area contributed by atoms with E-state index in [1.54, 1.807) is 24.1 Å². The van der Waals surface area contributed by atoms with Gasteiger partial charge < -0.3 is 20.8 Å². The molecule has 8 nitrogen and oxygen atoms in total. The maximum absolute atomic E-state index is 13.6. The Morgan fingerprint density at radius 2 is 1.76 bits per heavy atom. The van der Waals surface area contributed by atoms with Gasteiger partial charge in [0, 0.05) is 23.6 Å². The lowest BCUT2D eigenvalue weighted by molar-refractivity contribution is -0.181. The highest BCUT2D eigenvalue weighted by Gasteiger charge is 2.49. The van der Waals surface area contributed by atoms with Crippen molar-refractivity contribution in [2.45, 2.75) is 89.5 Å². The molecule has 2 aliphatic rings. The Morgan fingerprint density at radius 1 is 0.980 bits per heavy atom. The van der Waals surface area contributed by atoms with Crippen LogP contribution in [0.3, 0.4) is 0 Å². The van der Waals surface area contributed by atoms with Crippen molar-refractivity contribution in [3.63, 3.8) is 0 Å². The minimum absolute atomic E-state index is 0.180. The number of unbranched alkanes of at least 4 members (excludes halogenated alkanes) is 3. The molecule has 1 aliphatic carbocycles. The van der Waals surface area contributed by atoms with Crippen molar-refractivity contribution >= 4 is 11.8 Å². The summed E-state index contributed by atoms with van der Waals surface area (Å²) in [4.78, 5) is 31.9. The number of hydrogen-bond acceptors (Lipinski definition) is 6. The highest BCUT2D eigenvalue weighted by molar-refractivity contribution is 5.94. The Hall–Kier alpha value is -4.00. The highest BCUT2D eigenvalue weighted by atomic mass is 16.7. The Labute approximate surface area is 291 Å². The first-order valence-corrected chi connectivity index (χ1v) is 17.8. The number of aliphatic hydroxyl groups excluding tert-OH is 2. The quantitative estimate of drug-likeness (QED) is 0.136. The van der Waals surface area contributed by atoms with Gasteiger partial charge in [-0.2, -0.15) is 5.06 Å². The third kappa shape index (κ3) is 9.80. The number of carbonyl (C=O) groups is 2. The molecule has 4 N–H and O–H groups in total. The summed E-state index contributed by atoms with van der Waals surface area (Å²) in [5.41, 5.74) is 5.27. The molecule has 0 saturated carbocycles. The van der Waals surface area contributed by atoms with Crippen molar-refractivity contribution in [2.24, 2.45) is 11.8 Å². The van der Waals surface area contributed by atoms with E-state index in [1.165, 1.54) is 36.8 Å². The van der Waals surface area contributed by atoms with Gasteiger partial charge in [0.25, 0.3) is 5.91 Å². The normalized spacial score (nSPS) is 22.4. The summed E-state index contributed by atoms with van der Waals surface area (Å²) in [5, 5.41) is 28.2. The van der Waals surface area contributed by atoms with Gasteiger partial charge in [-0.25, -0.2) is 0 Å². The third-order valence-electron chi connectivity index (χ3n) is 10.0. The van der Waals surface area contributed by atoms with E-state index in [4.69, 9.17) is 4.84 Å². The van der Waals surface area contributed by atoms with Crippen LogP contribution in [0.4, 0.5) is 0 Å². The minimum Gasteiger partial charge on any atom is -0.394 e. The topological polar surface area (TPSA) is 111 Å². The largest absolute Gasteiger partial charge is 0.394 e. The summed E-state index contributed by atoms with van der Waals surface area (Å²) in [6, 6.07) is 24.8. The molecular weight excluding hydrogens is 614 g/mol.